The van der Waals surface area contributed by atoms with E-state index in [0.717, 1.165) is 24.8 Å². The molecule has 136 valence electrons. The standard InChI is InChI=1S/C20H15ClN2O3S/c1-9-2-4-12-15(6-9)27-19-16(12)18(24)22-17(23-19)13-8-10-7-11(21)3-5-14(10)26-20(13)25/h3,5,7-9H,2,4,6H2,1H3,(H,22,23,24). The van der Waals surface area contributed by atoms with Crippen LogP contribution in [0.1, 0.15) is 23.8 Å². The molecule has 1 atom stereocenters. The monoisotopic (exact) mass is 398 g/mol. The van der Waals surface area contributed by atoms with E-state index in [9.17, 15) is 9.59 Å². The summed E-state index contributed by atoms with van der Waals surface area (Å²) in [6.07, 6.45) is 2.95. The Balaban J connectivity index is 1.74. The molecular formula is C20H15ClN2O3S. The minimum absolute atomic E-state index is 0.201. The maximum Gasteiger partial charge on any atom is 0.347 e. The molecule has 0 saturated carbocycles. The van der Waals surface area contributed by atoms with Gasteiger partial charge in [-0.15, -0.1) is 11.3 Å². The van der Waals surface area contributed by atoms with Gasteiger partial charge in [0, 0.05) is 15.3 Å². The van der Waals surface area contributed by atoms with Gasteiger partial charge in [0.1, 0.15) is 21.8 Å². The first-order valence-corrected chi connectivity index (χ1v) is 9.97. The van der Waals surface area contributed by atoms with Gasteiger partial charge in [-0.05, 0) is 55.0 Å². The summed E-state index contributed by atoms with van der Waals surface area (Å²) >= 11 is 7.59. The third kappa shape index (κ3) is 2.71. The Kier molecular flexibility index (Phi) is 3.74. The number of hydrogen-bond acceptors (Lipinski definition) is 5. The summed E-state index contributed by atoms with van der Waals surface area (Å²) in [5, 5.41) is 1.89. The summed E-state index contributed by atoms with van der Waals surface area (Å²) < 4.78 is 5.38. The number of halogens is 1. The van der Waals surface area contributed by atoms with Gasteiger partial charge in [-0.1, -0.05) is 18.5 Å². The lowest BCUT2D eigenvalue weighted by Crippen LogP contribution is -2.15. The Morgan fingerprint density at radius 3 is 3.00 bits per heavy atom. The zero-order valence-corrected chi connectivity index (χ0v) is 16.0. The average molecular weight is 399 g/mol. The van der Waals surface area contributed by atoms with E-state index in [1.54, 1.807) is 35.6 Å². The highest BCUT2D eigenvalue weighted by Crippen LogP contribution is 2.36. The number of nitrogens with one attached hydrogen (secondary N) is 1. The number of nitrogens with zero attached hydrogens (tertiary/aromatic N) is 1. The minimum atomic E-state index is -0.540. The molecule has 0 saturated heterocycles. The number of aromatic nitrogens is 2. The molecule has 5 rings (SSSR count). The highest BCUT2D eigenvalue weighted by Gasteiger charge is 2.23. The van der Waals surface area contributed by atoms with Gasteiger partial charge in [-0.25, -0.2) is 9.78 Å². The molecule has 0 fully saturated rings. The first kappa shape index (κ1) is 16.7. The topological polar surface area (TPSA) is 76.0 Å². The van der Waals surface area contributed by atoms with Crippen LogP contribution in [-0.4, -0.2) is 9.97 Å². The number of aromatic amines is 1. The fourth-order valence-corrected chi connectivity index (χ4v) is 5.30. The average Bonchev–Trinajstić information content (AvgIpc) is 2.99. The zero-order valence-electron chi connectivity index (χ0n) is 14.5. The van der Waals surface area contributed by atoms with Crippen molar-refractivity contribution in [2.75, 3.05) is 0 Å². The Morgan fingerprint density at radius 1 is 1.30 bits per heavy atom. The van der Waals surface area contributed by atoms with Gasteiger partial charge in [0.15, 0.2) is 0 Å². The molecule has 0 radical (unpaired) electrons. The largest absolute Gasteiger partial charge is 0.422 e. The van der Waals surface area contributed by atoms with Crippen LogP contribution in [0.2, 0.25) is 5.02 Å². The second-order valence-electron chi connectivity index (χ2n) is 7.08. The molecule has 3 heterocycles. The van der Waals surface area contributed by atoms with Crippen LogP contribution in [0.25, 0.3) is 32.6 Å². The molecule has 1 aromatic carbocycles. The molecule has 3 aromatic heterocycles. The van der Waals surface area contributed by atoms with Gasteiger partial charge in [0.05, 0.1) is 5.39 Å². The van der Waals surface area contributed by atoms with E-state index in [0.29, 0.717) is 32.1 Å². The van der Waals surface area contributed by atoms with Crippen LogP contribution in [-0.2, 0) is 12.8 Å². The van der Waals surface area contributed by atoms with Crippen molar-refractivity contribution in [2.24, 2.45) is 5.92 Å². The SMILES string of the molecule is CC1CCc2c(sc3nc(-c4cc5cc(Cl)ccc5oc4=O)[nH]c(=O)c23)C1. The van der Waals surface area contributed by atoms with Gasteiger partial charge in [0.2, 0.25) is 0 Å². The first-order valence-electron chi connectivity index (χ1n) is 8.78. The molecule has 4 aromatic rings. The fourth-order valence-electron chi connectivity index (χ4n) is 3.74. The predicted molar refractivity (Wildman–Crippen MR) is 108 cm³/mol. The van der Waals surface area contributed by atoms with Crippen LogP contribution in [0.3, 0.4) is 0 Å². The van der Waals surface area contributed by atoms with E-state index in [-0.39, 0.29) is 16.9 Å². The van der Waals surface area contributed by atoms with Gasteiger partial charge in [0.25, 0.3) is 5.56 Å². The number of benzene rings is 1. The molecule has 1 unspecified atom stereocenters. The van der Waals surface area contributed by atoms with Crippen molar-refractivity contribution in [2.45, 2.75) is 26.2 Å². The summed E-state index contributed by atoms with van der Waals surface area (Å²) in [5.41, 5.74) is 1.04. The fraction of sp³-hybridized carbons (Fsp3) is 0.250. The highest BCUT2D eigenvalue weighted by molar-refractivity contribution is 7.18. The van der Waals surface area contributed by atoms with Crippen molar-refractivity contribution in [3.8, 4) is 11.4 Å². The van der Waals surface area contributed by atoms with Crippen molar-refractivity contribution in [3.05, 3.63) is 60.5 Å². The Hall–Kier alpha value is -2.44. The quantitative estimate of drug-likeness (QED) is 0.478. The van der Waals surface area contributed by atoms with Crippen molar-refractivity contribution >= 4 is 44.1 Å². The van der Waals surface area contributed by atoms with Crippen LogP contribution in [0.4, 0.5) is 0 Å². The van der Waals surface area contributed by atoms with Crippen LogP contribution in [0.5, 0.6) is 0 Å². The van der Waals surface area contributed by atoms with E-state index in [2.05, 4.69) is 16.9 Å². The Labute approximate surface area is 162 Å². The first-order chi connectivity index (χ1) is 13.0. The van der Waals surface area contributed by atoms with E-state index in [1.165, 1.54) is 4.88 Å². The van der Waals surface area contributed by atoms with Crippen molar-refractivity contribution in [1.29, 1.82) is 0 Å². The number of aryl methyl sites for hydroxylation is 1. The normalized spacial score (nSPS) is 16.7. The molecule has 0 amide bonds. The van der Waals surface area contributed by atoms with E-state index in [4.69, 9.17) is 16.0 Å². The summed E-state index contributed by atoms with van der Waals surface area (Å²) in [6.45, 7) is 2.22. The summed E-state index contributed by atoms with van der Waals surface area (Å²) in [5.74, 6) is 0.844. The molecule has 27 heavy (non-hydrogen) atoms. The second kappa shape index (κ2) is 6.04. The van der Waals surface area contributed by atoms with E-state index in [1.807, 2.05) is 0 Å². The molecule has 0 spiro atoms. The maximum absolute atomic E-state index is 12.8. The summed E-state index contributed by atoms with van der Waals surface area (Å²) in [6, 6.07) is 6.69. The summed E-state index contributed by atoms with van der Waals surface area (Å²) in [4.78, 5) is 34.5. The molecule has 1 aliphatic carbocycles. The molecule has 7 heteroatoms. The molecule has 5 nitrogen and oxygen atoms in total. The number of thiophene rings is 1. The molecular weight excluding hydrogens is 384 g/mol. The van der Waals surface area contributed by atoms with Crippen LogP contribution < -0.4 is 11.2 Å². The molecule has 0 aliphatic heterocycles. The van der Waals surface area contributed by atoms with Crippen LogP contribution >= 0.6 is 22.9 Å². The van der Waals surface area contributed by atoms with E-state index < -0.39 is 5.63 Å². The molecule has 1 N–H and O–H groups in total. The Bertz CT molecular complexity index is 1340. The lowest BCUT2D eigenvalue weighted by molar-refractivity contribution is 0.509. The number of H-pyrrole nitrogens is 1. The summed E-state index contributed by atoms with van der Waals surface area (Å²) in [7, 11) is 0. The zero-order chi connectivity index (χ0) is 18.7. The van der Waals surface area contributed by atoms with Gasteiger partial charge in [-0.3, -0.25) is 4.79 Å². The van der Waals surface area contributed by atoms with Crippen molar-refractivity contribution in [3.63, 3.8) is 0 Å². The third-order valence-electron chi connectivity index (χ3n) is 5.11. The van der Waals surface area contributed by atoms with Crippen LogP contribution in [0, 0.1) is 5.92 Å². The Morgan fingerprint density at radius 2 is 2.15 bits per heavy atom. The van der Waals surface area contributed by atoms with Gasteiger partial charge < -0.3 is 9.40 Å². The van der Waals surface area contributed by atoms with Crippen LogP contribution in [0.15, 0.2) is 38.3 Å². The smallest absolute Gasteiger partial charge is 0.347 e. The highest BCUT2D eigenvalue weighted by atomic mass is 35.5. The minimum Gasteiger partial charge on any atom is -0.422 e. The molecule has 1 aliphatic rings. The van der Waals surface area contributed by atoms with Crippen molar-refractivity contribution < 1.29 is 4.42 Å². The number of fused-ring (bicyclic) bond motifs is 4. The van der Waals surface area contributed by atoms with Crippen molar-refractivity contribution in [1.82, 2.24) is 9.97 Å². The number of hydrogen-bond donors (Lipinski definition) is 1. The second-order valence-corrected chi connectivity index (χ2v) is 8.60. The van der Waals surface area contributed by atoms with E-state index >= 15 is 0 Å². The lowest BCUT2D eigenvalue weighted by atomic mass is 9.89. The predicted octanol–water partition coefficient (Wildman–Crippen LogP) is 4.54. The van der Waals surface area contributed by atoms with Gasteiger partial charge in [-0.2, -0.15) is 0 Å². The molecule has 0 bridgehead atoms. The van der Waals surface area contributed by atoms with Gasteiger partial charge >= 0.3 is 5.63 Å². The lowest BCUT2D eigenvalue weighted by Gasteiger charge is -2.17. The number of rotatable bonds is 1. The third-order valence-corrected chi connectivity index (χ3v) is 6.50. The maximum atomic E-state index is 12.8.